The zero-order valence-electron chi connectivity index (χ0n) is 9.33. The van der Waals surface area contributed by atoms with Crippen LogP contribution in [-0.2, 0) is 0 Å². The molecule has 1 heterocycles. The Morgan fingerprint density at radius 1 is 1.67 bits per heavy atom. The Morgan fingerprint density at radius 3 is 2.93 bits per heavy atom. The van der Waals surface area contributed by atoms with Gasteiger partial charge >= 0.3 is 0 Å². The first kappa shape index (κ1) is 11.0. The van der Waals surface area contributed by atoms with E-state index in [-0.39, 0.29) is 0 Å². The molecule has 84 valence electrons. The van der Waals surface area contributed by atoms with Gasteiger partial charge in [0.1, 0.15) is 0 Å². The van der Waals surface area contributed by atoms with Crippen LogP contribution in [0.15, 0.2) is 6.20 Å². The number of nitrogens with one attached hydrogen (secondary N) is 1. The topological polar surface area (TPSA) is 29.9 Å². The van der Waals surface area contributed by atoms with E-state index in [1.807, 2.05) is 17.8 Å². The van der Waals surface area contributed by atoms with Crippen molar-refractivity contribution in [3.05, 3.63) is 16.9 Å². The third kappa shape index (κ3) is 2.95. The summed E-state index contributed by atoms with van der Waals surface area (Å²) in [6.07, 6.45) is 5.72. The van der Waals surface area contributed by atoms with E-state index < -0.39 is 0 Å². The van der Waals surface area contributed by atoms with Crippen LogP contribution < -0.4 is 5.32 Å². The molecule has 1 aliphatic rings. The van der Waals surface area contributed by atoms with Gasteiger partial charge in [0.2, 0.25) is 0 Å². The zero-order chi connectivity index (χ0) is 10.8. The second-order valence-corrected chi connectivity index (χ2v) is 4.82. The normalized spacial score (nSPS) is 18.1. The van der Waals surface area contributed by atoms with Gasteiger partial charge in [-0.15, -0.1) is 0 Å². The molecule has 0 aliphatic heterocycles. The lowest BCUT2D eigenvalue weighted by Gasteiger charge is -2.12. The number of hydrogen-bond acceptors (Lipinski definition) is 2. The van der Waals surface area contributed by atoms with E-state index in [1.54, 1.807) is 0 Å². The van der Waals surface area contributed by atoms with Crippen molar-refractivity contribution in [1.82, 2.24) is 15.1 Å². The van der Waals surface area contributed by atoms with Gasteiger partial charge in [-0.25, -0.2) is 0 Å². The average Bonchev–Trinajstić information content (AvgIpc) is 2.94. The minimum atomic E-state index is 0.419. The average molecular weight is 228 g/mol. The maximum absolute atomic E-state index is 5.97. The highest BCUT2D eigenvalue weighted by Crippen LogP contribution is 2.20. The zero-order valence-corrected chi connectivity index (χ0v) is 10.1. The number of aromatic nitrogens is 2. The van der Waals surface area contributed by atoms with Gasteiger partial charge in [0.15, 0.2) is 0 Å². The molecule has 3 nitrogen and oxygen atoms in total. The molecule has 0 saturated heterocycles. The first-order valence-corrected chi connectivity index (χ1v) is 5.99. The molecule has 15 heavy (non-hydrogen) atoms. The fourth-order valence-electron chi connectivity index (χ4n) is 1.60. The minimum absolute atomic E-state index is 0.419. The standard InChI is InChI=1S/C11H18ClN3/c1-8(5-6-13-10-3-4-10)15-7-11(12)9(2)14-15/h7-8,10,13H,3-6H2,1-2H3. The molecule has 1 atom stereocenters. The Bertz CT molecular complexity index is 311. The Hall–Kier alpha value is -0.540. The molecule has 1 unspecified atom stereocenters. The minimum Gasteiger partial charge on any atom is -0.314 e. The van der Waals surface area contributed by atoms with Crippen molar-refractivity contribution < 1.29 is 0 Å². The molecule has 1 aliphatic carbocycles. The molecule has 2 rings (SSSR count). The molecule has 0 bridgehead atoms. The van der Waals surface area contributed by atoms with Crippen LogP contribution in [0, 0.1) is 6.92 Å². The fourth-order valence-corrected chi connectivity index (χ4v) is 1.74. The van der Waals surface area contributed by atoms with Crippen LogP contribution >= 0.6 is 11.6 Å². The van der Waals surface area contributed by atoms with E-state index in [9.17, 15) is 0 Å². The van der Waals surface area contributed by atoms with Crippen molar-refractivity contribution in [3.63, 3.8) is 0 Å². The van der Waals surface area contributed by atoms with E-state index in [1.165, 1.54) is 12.8 Å². The van der Waals surface area contributed by atoms with Crippen molar-refractivity contribution in [1.29, 1.82) is 0 Å². The predicted molar refractivity (Wildman–Crippen MR) is 62.3 cm³/mol. The van der Waals surface area contributed by atoms with Gasteiger partial charge in [-0.1, -0.05) is 11.6 Å². The van der Waals surface area contributed by atoms with Gasteiger partial charge in [-0.3, -0.25) is 4.68 Å². The van der Waals surface area contributed by atoms with Crippen LogP contribution in [-0.4, -0.2) is 22.4 Å². The molecule has 0 spiro atoms. The third-order valence-corrected chi connectivity index (χ3v) is 3.25. The maximum Gasteiger partial charge on any atom is 0.0815 e. The summed E-state index contributed by atoms with van der Waals surface area (Å²) < 4.78 is 1.96. The highest BCUT2D eigenvalue weighted by molar-refractivity contribution is 6.31. The Kier molecular flexibility index (Phi) is 3.32. The van der Waals surface area contributed by atoms with Crippen LogP contribution in [0.25, 0.3) is 0 Å². The van der Waals surface area contributed by atoms with Crippen LogP contribution in [0.4, 0.5) is 0 Å². The van der Waals surface area contributed by atoms with Crippen molar-refractivity contribution in [2.45, 2.75) is 45.2 Å². The van der Waals surface area contributed by atoms with Gasteiger partial charge in [-0.05, 0) is 39.7 Å². The molecule has 1 fully saturated rings. The van der Waals surface area contributed by atoms with Crippen LogP contribution in [0.5, 0.6) is 0 Å². The van der Waals surface area contributed by atoms with Gasteiger partial charge in [0.05, 0.1) is 16.8 Å². The summed E-state index contributed by atoms with van der Waals surface area (Å²) in [6, 6.07) is 1.21. The van der Waals surface area contributed by atoms with Gasteiger partial charge in [0.25, 0.3) is 0 Å². The predicted octanol–water partition coefficient (Wildman–Crippen LogP) is 2.55. The molecule has 0 amide bonds. The molecule has 1 aromatic rings. The molecule has 4 heteroatoms. The summed E-state index contributed by atoms with van der Waals surface area (Å²) in [5, 5.41) is 8.65. The molecule has 0 radical (unpaired) electrons. The van der Waals surface area contributed by atoms with Crippen LogP contribution in [0.3, 0.4) is 0 Å². The van der Waals surface area contributed by atoms with Gasteiger partial charge in [0, 0.05) is 12.2 Å². The number of rotatable bonds is 5. The summed E-state index contributed by atoms with van der Waals surface area (Å²) in [5.74, 6) is 0. The summed E-state index contributed by atoms with van der Waals surface area (Å²) in [7, 11) is 0. The summed E-state index contributed by atoms with van der Waals surface area (Å²) in [4.78, 5) is 0. The monoisotopic (exact) mass is 227 g/mol. The van der Waals surface area contributed by atoms with Gasteiger partial charge in [-0.2, -0.15) is 5.10 Å². The second-order valence-electron chi connectivity index (χ2n) is 4.41. The van der Waals surface area contributed by atoms with E-state index in [4.69, 9.17) is 11.6 Å². The number of aryl methyl sites for hydroxylation is 1. The second kappa shape index (κ2) is 4.54. The Balaban J connectivity index is 1.80. The highest BCUT2D eigenvalue weighted by atomic mass is 35.5. The van der Waals surface area contributed by atoms with Gasteiger partial charge < -0.3 is 5.32 Å². The number of hydrogen-bond donors (Lipinski definition) is 1. The van der Waals surface area contributed by atoms with Crippen molar-refractivity contribution >= 4 is 11.6 Å². The van der Waals surface area contributed by atoms with E-state index in [0.717, 1.165) is 29.7 Å². The van der Waals surface area contributed by atoms with E-state index in [0.29, 0.717) is 6.04 Å². The summed E-state index contributed by atoms with van der Waals surface area (Å²) >= 11 is 5.97. The summed E-state index contributed by atoms with van der Waals surface area (Å²) in [6.45, 7) is 5.19. The maximum atomic E-state index is 5.97. The lowest BCUT2D eigenvalue weighted by atomic mass is 10.2. The van der Waals surface area contributed by atoms with Crippen molar-refractivity contribution in [2.75, 3.05) is 6.54 Å². The SMILES string of the molecule is Cc1nn(C(C)CCNC2CC2)cc1Cl. The molecular formula is C11H18ClN3. The Morgan fingerprint density at radius 2 is 2.40 bits per heavy atom. The lowest BCUT2D eigenvalue weighted by Crippen LogP contribution is -2.20. The largest absolute Gasteiger partial charge is 0.314 e. The first-order chi connectivity index (χ1) is 7.16. The Labute approximate surface area is 95.8 Å². The quantitative estimate of drug-likeness (QED) is 0.838. The fraction of sp³-hybridized carbons (Fsp3) is 0.727. The first-order valence-electron chi connectivity index (χ1n) is 5.61. The van der Waals surface area contributed by atoms with Crippen LogP contribution in [0.1, 0.15) is 37.9 Å². The molecule has 1 aromatic heterocycles. The highest BCUT2D eigenvalue weighted by Gasteiger charge is 2.20. The van der Waals surface area contributed by atoms with Crippen molar-refractivity contribution in [3.8, 4) is 0 Å². The lowest BCUT2D eigenvalue weighted by molar-refractivity contribution is 0.441. The number of nitrogens with zero attached hydrogens (tertiary/aromatic N) is 2. The smallest absolute Gasteiger partial charge is 0.0815 e. The number of halogens is 1. The molecule has 1 N–H and O–H groups in total. The molecule has 0 aromatic carbocycles. The molecule has 1 saturated carbocycles. The van der Waals surface area contributed by atoms with Crippen molar-refractivity contribution in [2.24, 2.45) is 0 Å². The van der Waals surface area contributed by atoms with E-state index >= 15 is 0 Å². The van der Waals surface area contributed by atoms with Crippen LogP contribution in [0.2, 0.25) is 5.02 Å². The molecular weight excluding hydrogens is 210 g/mol. The van der Waals surface area contributed by atoms with E-state index in [2.05, 4.69) is 17.3 Å². The summed E-state index contributed by atoms with van der Waals surface area (Å²) in [5.41, 5.74) is 0.915. The third-order valence-electron chi connectivity index (χ3n) is 2.88.